The van der Waals surface area contributed by atoms with E-state index in [4.69, 9.17) is 0 Å². The van der Waals surface area contributed by atoms with Crippen LogP contribution in [0, 0.1) is 6.92 Å². The highest BCUT2D eigenvalue weighted by atomic mass is 32.2. The van der Waals surface area contributed by atoms with Gasteiger partial charge in [0.2, 0.25) is 5.91 Å². The number of amides is 2. The second-order valence-corrected chi connectivity index (χ2v) is 8.38. The smallest absolute Gasteiger partial charge is 0.251 e. The molecule has 9 heteroatoms. The van der Waals surface area contributed by atoms with Gasteiger partial charge in [0, 0.05) is 38.8 Å². The number of carbonyl (C=O) groups excluding carboxylic acids is 2. The van der Waals surface area contributed by atoms with Crippen molar-refractivity contribution in [1.29, 1.82) is 0 Å². The quantitative estimate of drug-likeness (QED) is 0.719. The summed E-state index contributed by atoms with van der Waals surface area (Å²) >= 11 is 1.38. The van der Waals surface area contributed by atoms with E-state index in [1.807, 2.05) is 48.6 Å². The van der Waals surface area contributed by atoms with Gasteiger partial charge in [0.15, 0.2) is 11.0 Å². The van der Waals surface area contributed by atoms with Gasteiger partial charge in [0.1, 0.15) is 0 Å². The third kappa shape index (κ3) is 5.36. The van der Waals surface area contributed by atoms with Crippen molar-refractivity contribution in [2.75, 3.05) is 39.0 Å². The van der Waals surface area contributed by atoms with Gasteiger partial charge in [-0.15, -0.1) is 10.2 Å². The molecule has 0 bridgehead atoms. The van der Waals surface area contributed by atoms with E-state index in [1.165, 1.54) is 11.8 Å². The van der Waals surface area contributed by atoms with Gasteiger partial charge in [-0.1, -0.05) is 29.5 Å². The van der Waals surface area contributed by atoms with E-state index < -0.39 is 0 Å². The van der Waals surface area contributed by atoms with E-state index in [0.29, 0.717) is 22.3 Å². The summed E-state index contributed by atoms with van der Waals surface area (Å²) in [6.45, 7) is 7.17. The molecule has 1 aliphatic rings. The fourth-order valence-corrected chi connectivity index (χ4v) is 4.05. The van der Waals surface area contributed by atoms with Crippen molar-refractivity contribution < 1.29 is 9.59 Å². The molecule has 2 aromatic rings. The first-order valence-corrected chi connectivity index (χ1v) is 10.7. The lowest BCUT2D eigenvalue weighted by molar-refractivity contribution is -0.129. The van der Waals surface area contributed by atoms with Crippen LogP contribution < -0.4 is 5.32 Å². The number of aromatic nitrogens is 3. The van der Waals surface area contributed by atoms with E-state index >= 15 is 0 Å². The van der Waals surface area contributed by atoms with Crippen molar-refractivity contribution in [2.45, 2.75) is 25.0 Å². The Balaban J connectivity index is 1.57. The third-order valence-electron chi connectivity index (χ3n) is 5.06. The van der Waals surface area contributed by atoms with Crippen molar-refractivity contribution in [2.24, 2.45) is 7.05 Å². The zero-order valence-corrected chi connectivity index (χ0v) is 18.2. The fourth-order valence-electron chi connectivity index (χ4n) is 3.23. The number of hydrogen-bond donors (Lipinski definition) is 1. The zero-order valence-electron chi connectivity index (χ0n) is 17.4. The number of aryl methyl sites for hydroxylation is 1. The Morgan fingerprint density at radius 3 is 2.59 bits per heavy atom. The molecule has 0 spiro atoms. The molecule has 1 N–H and O–H groups in total. The summed E-state index contributed by atoms with van der Waals surface area (Å²) in [6.07, 6.45) is 0. The molecule has 2 amide bonds. The maximum atomic E-state index is 12.5. The molecule has 1 atom stereocenters. The van der Waals surface area contributed by atoms with Crippen molar-refractivity contribution in [3.05, 3.63) is 41.2 Å². The van der Waals surface area contributed by atoms with E-state index in [1.54, 1.807) is 6.07 Å². The molecular weight excluding hydrogens is 388 g/mol. The molecule has 8 nitrogen and oxygen atoms in total. The van der Waals surface area contributed by atoms with Crippen LogP contribution in [-0.2, 0) is 11.8 Å². The maximum Gasteiger partial charge on any atom is 0.251 e. The van der Waals surface area contributed by atoms with Crippen LogP contribution in [0.15, 0.2) is 29.4 Å². The number of nitrogens with one attached hydrogen (secondary N) is 1. The molecule has 156 valence electrons. The number of likely N-dealkylation sites (N-methyl/N-ethyl adjacent to an activating group) is 1. The van der Waals surface area contributed by atoms with Crippen molar-refractivity contribution in [3.63, 3.8) is 0 Å². The summed E-state index contributed by atoms with van der Waals surface area (Å²) in [5, 5.41) is 12.1. The lowest BCUT2D eigenvalue weighted by Gasteiger charge is -2.32. The first kappa shape index (κ1) is 21.3. The highest BCUT2D eigenvalue weighted by molar-refractivity contribution is 7.99. The van der Waals surface area contributed by atoms with Crippen molar-refractivity contribution >= 4 is 23.6 Å². The fraction of sp³-hybridized carbons (Fsp3) is 0.500. The summed E-state index contributed by atoms with van der Waals surface area (Å²) in [5.74, 6) is 0.956. The van der Waals surface area contributed by atoms with Crippen LogP contribution in [0.3, 0.4) is 0 Å². The normalized spacial score (nSPS) is 15.9. The van der Waals surface area contributed by atoms with Crippen LogP contribution in [0.2, 0.25) is 0 Å². The van der Waals surface area contributed by atoms with Crippen molar-refractivity contribution in [1.82, 2.24) is 29.9 Å². The number of nitrogens with zero attached hydrogens (tertiary/aromatic N) is 5. The Kier molecular flexibility index (Phi) is 6.92. The molecule has 0 saturated carbocycles. The van der Waals surface area contributed by atoms with Crippen molar-refractivity contribution in [3.8, 4) is 0 Å². The monoisotopic (exact) mass is 416 g/mol. The predicted octanol–water partition coefficient (Wildman–Crippen LogP) is 1.48. The van der Waals surface area contributed by atoms with Crippen LogP contribution in [0.1, 0.15) is 34.7 Å². The number of hydrogen-bond acceptors (Lipinski definition) is 6. The molecule has 2 heterocycles. The molecule has 0 aliphatic carbocycles. The Hall–Kier alpha value is -2.39. The molecular formula is C20H28N6O2S. The molecule has 1 saturated heterocycles. The number of carbonyl (C=O) groups is 2. The Bertz CT molecular complexity index is 876. The Morgan fingerprint density at radius 2 is 1.90 bits per heavy atom. The SMILES string of the molecule is Cc1cccc(C(=O)N[C@H](C)c2nnc(SCC(=O)N3CCN(C)CC3)n2C)c1. The van der Waals surface area contributed by atoms with Gasteiger partial charge in [-0.2, -0.15) is 0 Å². The minimum Gasteiger partial charge on any atom is -0.342 e. The Morgan fingerprint density at radius 1 is 1.17 bits per heavy atom. The van der Waals surface area contributed by atoms with Crippen LogP contribution in [0.4, 0.5) is 0 Å². The summed E-state index contributed by atoms with van der Waals surface area (Å²) in [6, 6.07) is 7.16. The average molecular weight is 417 g/mol. The van der Waals surface area contributed by atoms with E-state index in [9.17, 15) is 9.59 Å². The van der Waals surface area contributed by atoms with Crippen LogP contribution in [-0.4, -0.2) is 75.4 Å². The standard InChI is InChI=1S/C20H28N6O2S/c1-14-6-5-7-16(12-14)19(28)21-15(2)18-22-23-20(25(18)4)29-13-17(27)26-10-8-24(3)9-11-26/h5-7,12,15H,8-11,13H2,1-4H3,(H,21,28)/t15-/m1/s1. The lowest BCUT2D eigenvalue weighted by Crippen LogP contribution is -2.47. The summed E-state index contributed by atoms with van der Waals surface area (Å²) in [5.41, 5.74) is 1.65. The van der Waals surface area contributed by atoms with Gasteiger partial charge in [0.05, 0.1) is 11.8 Å². The van der Waals surface area contributed by atoms with Crippen LogP contribution in [0.25, 0.3) is 0 Å². The largest absolute Gasteiger partial charge is 0.342 e. The molecule has 1 fully saturated rings. The number of piperazine rings is 1. The molecule has 1 aromatic carbocycles. The van der Waals surface area contributed by atoms with Gasteiger partial charge in [-0.05, 0) is 33.0 Å². The molecule has 1 aromatic heterocycles. The van der Waals surface area contributed by atoms with E-state index in [0.717, 1.165) is 31.7 Å². The van der Waals surface area contributed by atoms with Gasteiger partial charge in [0.25, 0.3) is 5.91 Å². The third-order valence-corrected chi connectivity index (χ3v) is 6.07. The molecule has 3 rings (SSSR count). The van der Waals surface area contributed by atoms with Gasteiger partial charge >= 0.3 is 0 Å². The Labute approximate surface area is 175 Å². The van der Waals surface area contributed by atoms with E-state index in [2.05, 4.69) is 27.5 Å². The van der Waals surface area contributed by atoms with Gasteiger partial charge in [-0.25, -0.2) is 0 Å². The number of thioether (sulfide) groups is 1. The minimum absolute atomic E-state index is 0.119. The number of benzene rings is 1. The molecule has 29 heavy (non-hydrogen) atoms. The first-order chi connectivity index (χ1) is 13.8. The molecule has 1 aliphatic heterocycles. The maximum absolute atomic E-state index is 12.5. The molecule has 0 radical (unpaired) electrons. The van der Waals surface area contributed by atoms with Crippen LogP contribution >= 0.6 is 11.8 Å². The van der Waals surface area contributed by atoms with Gasteiger partial charge < -0.3 is 19.7 Å². The van der Waals surface area contributed by atoms with E-state index in [-0.39, 0.29) is 17.9 Å². The summed E-state index contributed by atoms with van der Waals surface area (Å²) in [4.78, 5) is 29.0. The topological polar surface area (TPSA) is 83.4 Å². The van der Waals surface area contributed by atoms with Crippen LogP contribution in [0.5, 0.6) is 0 Å². The highest BCUT2D eigenvalue weighted by Gasteiger charge is 2.22. The first-order valence-electron chi connectivity index (χ1n) is 9.71. The predicted molar refractivity (Wildman–Crippen MR) is 113 cm³/mol. The average Bonchev–Trinajstić information content (AvgIpc) is 3.07. The summed E-state index contributed by atoms with van der Waals surface area (Å²) in [7, 11) is 3.92. The van der Waals surface area contributed by atoms with Gasteiger partial charge in [-0.3, -0.25) is 9.59 Å². The zero-order chi connectivity index (χ0) is 21.0. The lowest BCUT2D eigenvalue weighted by atomic mass is 10.1. The number of rotatable bonds is 6. The second-order valence-electron chi connectivity index (χ2n) is 7.44. The summed E-state index contributed by atoms with van der Waals surface area (Å²) < 4.78 is 1.84. The molecule has 0 unspecified atom stereocenters. The highest BCUT2D eigenvalue weighted by Crippen LogP contribution is 2.20. The minimum atomic E-state index is -0.303. The second kappa shape index (κ2) is 9.41.